The number of rotatable bonds is 4. The smallest absolute Gasteiger partial charge is 0.390 e. The van der Waals surface area contributed by atoms with E-state index in [9.17, 15) is 9.59 Å². The summed E-state index contributed by atoms with van der Waals surface area (Å²) in [6.07, 6.45) is 0. The number of ether oxygens (including phenoxy) is 2. The van der Waals surface area contributed by atoms with Gasteiger partial charge in [0.25, 0.3) is 5.58 Å². The van der Waals surface area contributed by atoms with Gasteiger partial charge in [-0.2, -0.15) is 0 Å². The van der Waals surface area contributed by atoms with Crippen molar-refractivity contribution in [2.24, 2.45) is 0 Å². The maximum atomic E-state index is 12.5. The van der Waals surface area contributed by atoms with Crippen LogP contribution in [0.15, 0.2) is 39.5 Å². The van der Waals surface area contributed by atoms with Crippen molar-refractivity contribution in [3.63, 3.8) is 0 Å². The van der Waals surface area contributed by atoms with E-state index in [4.69, 9.17) is 28.4 Å². The first-order valence-corrected chi connectivity index (χ1v) is 8.44. The SMILES string of the molecule is COc1c(C(=O)OOC(=O)c2ccc3ooc3c2OC)cccc1C(C)(C)C. The highest BCUT2D eigenvalue weighted by atomic mass is 17.2. The van der Waals surface area contributed by atoms with E-state index in [-0.39, 0.29) is 27.9 Å². The molecule has 1 aromatic heterocycles. The number of carbonyl (C=O) groups is 2. The molecule has 8 heteroatoms. The van der Waals surface area contributed by atoms with Gasteiger partial charge in [-0.3, -0.25) is 9.15 Å². The summed E-state index contributed by atoms with van der Waals surface area (Å²) >= 11 is 0. The Kier molecular flexibility index (Phi) is 5.04. The maximum absolute atomic E-state index is 12.5. The van der Waals surface area contributed by atoms with Crippen molar-refractivity contribution >= 4 is 23.1 Å². The summed E-state index contributed by atoms with van der Waals surface area (Å²) in [5, 5.41) is 0. The zero-order valence-electron chi connectivity index (χ0n) is 16.2. The normalized spacial score (nSPS) is 11.3. The number of para-hydroxylation sites is 1. The second kappa shape index (κ2) is 7.30. The third kappa shape index (κ3) is 3.40. The Bertz CT molecular complexity index is 1020. The monoisotopic (exact) mass is 388 g/mol. The molecule has 0 fully saturated rings. The predicted molar refractivity (Wildman–Crippen MR) is 97.6 cm³/mol. The van der Waals surface area contributed by atoms with Crippen LogP contribution in [0.1, 0.15) is 47.1 Å². The average molecular weight is 388 g/mol. The summed E-state index contributed by atoms with van der Waals surface area (Å²) in [4.78, 5) is 34.2. The fourth-order valence-corrected chi connectivity index (χ4v) is 2.78. The lowest BCUT2D eigenvalue weighted by Gasteiger charge is -2.23. The minimum absolute atomic E-state index is 0.0211. The molecule has 3 rings (SSSR count). The molecule has 0 unspecified atom stereocenters. The molecule has 0 N–H and O–H groups in total. The van der Waals surface area contributed by atoms with Gasteiger partial charge in [-0.1, -0.05) is 32.9 Å². The lowest BCUT2D eigenvalue weighted by Crippen LogP contribution is -2.17. The number of methoxy groups -OCH3 is 2. The van der Waals surface area contributed by atoms with E-state index < -0.39 is 11.9 Å². The Hall–Kier alpha value is -3.42. The van der Waals surface area contributed by atoms with Gasteiger partial charge in [-0.05, 0) is 23.6 Å². The first kappa shape index (κ1) is 19.3. The average Bonchev–Trinajstić information content (AvgIpc) is 2.64. The molecule has 0 aliphatic heterocycles. The van der Waals surface area contributed by atoms with E-state index in [0.29, 0.717) is 11.3 Å². The molecule has 28 heavy (non-hydrogen) atoms. The van der Waals surface area contributed by atoms with Gasteiger partial charge in [-0.25, -0.2) is 19.4 Å². The Morgan fingerprint density at radius 2 is 1.43 bits per heavy atom. The Morgan fingerprint density at radius 3 is 1.93 bits per heavy atom. The van der Waals surface area contributed by atoms with Crippen LogP contribution >= 0.6 is 0 Å². The van der Waals surface area contributed by atoms with Gasteiger partial charge >= 0.3 is 11.9 Å². The van der Waals surface area contributed by atoms with Crippen LogP contribution < -0.4 is 9.47 Å². The van der Waals surface area contributed by atoms with Crippen LogP contribution in [-0.2, 0) is 15.2 Å². The largest absolute Gasteiger partial charge is 0.496 e. The van der Waals surface area contributed by atoms with Crippen molar-refractivity contribution < 1.29 is 38.0 Å². The van der Waals surface area contributed by atoms with Crippen LogP contribution in [0.2, 0.25) is 0 Å². The second-order valence-corrected chi connectivity index (χ2v) is 7.02. The minimum Gasteiger partial charge on any atom is -0.496 e. The van der Waals surface area contributed by atoms with Crippen molar-refractivity contribution in [1.82, 2.24) is 0 Å². The van der Waals surface area contributed by atoms with Crippen molar-refractivity contribution in [3.05, 3.63) is 47.0 Å². The van der Waals surface area contributed by atoms with Crippen LogP contribution in [-0.4, -0.2) is 26.2 Å². The van der Waals surface area contributed by atoms with E-state index >= 15 is 0 Å². The number of benzene rings is 2. The number of fused-ring (bicyclic) bond motifs is 1. The molecular weight excluding hydrogens is 368 g/mol. The van der Waals surface area contributed by atoms with Gasteiger partial charge in [0.05, 0.1) is 14.2 Å². The summed E-state index contributed by atoms with van der Waals surface area (Å²) in [6, 6.07) is 8.02. The highest BCUT2D eigenvalue weighted by Gasteiger charge is 2.27. The maximum Gasteiger partial charge on any atom is 0.390 e. The molecule has 148 valence electrons. The van der Waals surface area contributed by atoms with Crippen LogP contribution in [0.5, 0.6) is 11.5 Å². The topological polar surface area (TPSA) is 97.3 Å². The van der Waals surface area contributed by atoms with Crippen molar-refractivity contribution in [1.29, 1.82) is 0 Å². The molecule has 0 aliphatic carbocycles. The molecule has 0 spiro atoms. The molecule has 1 heterocycles. The Balaban J connectivity index is 1.80. The predicted octanol–water partition coefficient (Wildman–Crippen LogP) is 4.27. The molecule has 0 atom stereocenters. The van der Waals surface area contributed by atoms with Crippen LogP contribution in [0, 0.1) is 0 Å². The minimum atomic E-state index is -0.922. The van der Waals surface area contributed by atoms with Crippen molar-refractivity contribution in [3.8, 4) is 11.5 Å². The zero-order valence-corrected chi connectivity index (χ0v) is 16.2. The molecule has 8 nitrogen and oxygen atoms in total. The molecule has 2 aromatic carbocycles. The fourth-order valence-electron chi connectivity index (χ4n) is 2.78. The van der Waals surface area contributed by atoms with Gasteiger partial charge in [0.2, 0.25) is 5.58 Å². The van der Waals surface area contributed by atoms with E-state index in [1.54, 1.807) is 6.07 Å². The molecule has 0 amide bonds. The van der Waals surface area contributed by atoms with Gasteiger partial charge in [0, 0.05) is 5.56 Å². The molecular formula is C20H20O8. The second-order valence-electron chi connectivity index (χ2n) is 7.02. The number of hydrogen-bond donors (Lipinski definition) is 0. The molecule has 0 bridgehead atoms. The standard InChI is InChI=1S/C20H20O8/c1-20(2,3)13-8-6-7-11(15(13)23-4)18(21)27-28-19(22)12-9-10-14-17(26-25-14)16(12)24-5/h6-10H,1-5H3. The molecule has 0 saturated heterocycles. The highest BCUT2D eigenvalue weighted by molar-refractivity contribution is 5.99. The van der Waals surface area contributed by atoms with E-state index in [1.807, 2.05) is 26.8 Å². The van der Waals surface area contributed by atoms with E-state index in [2.05, 4.69) is 0 Å². The van der Waals surface area contributed by atoms with Gasteiger partial charge in [0.15, 0.2) is 5.75 Å². The number of hydrogen-bond acceptors (Lipinski definition) is 8. The van der Waals surface area contributed by atoms with Gasteiger partial charge < -0.3 is 9.47 Å². The van der Waals surface area contributed by atoms with Crippen LogP contribution in [0.4, 0.5) is 0 Å². The summed E-state index contributed by atoms with van der Waals surface area (Å²) < 4.78 is 20.1. The first-order valence-electron chi connectivity index (χ1n) is 8.44. The summed E-state index contributed by atoms with van der Waals surface area (Å²) in [7, 11) is 2.82. The lowest BCUT2D eigenvalue weighted by molar-refractivity contribution is -0.187. The Labute approximate surface area is 160 Å². The summed E-state index contributed by atoms with van der Waals surface area (Å²) in [5.74, 6) is -1.30. The fraction of sp³-hybridized carbons (Fsp3) is 0.300. The quantitative estimate of drug-likeness (QED) is 0.483. The van der Waals surface area contributed by atoms with E-state index in [1.165, 1.54) is 32.4 Å². The summed E-state index contributed by atoms with van der Waals surface area (Å²) in [5.41, 5.74) is 1.41. The third-order valence-electron chi connectivity index (χ3n) is 4.15. The Morgan fingerprint density at radius 1 is 0.821 bits per heavy atom. The van der Waals surface area contributed by atoms with Gasteiger partial charge in [-0.15, -0.1) is 0 Å². The summed E-state index contributed by atoms with van der Waals surface area (Å²) in [6.45, 7) is 5.97. The van der Waals surface area contributed by atoms with Crippen molar-refractivity contribution in [2.75, 3.05) is 14.2 Å². The molecule has 0 aliphatic rings. The van der Waals surface area contributed by atoms with Crippen LogP contribution in [0.3, 0.4) is 0 Å². The number of carbonyl (C=O) groups excluding carboxylic acids is 2. The molecule has 0 saturated carbocycles. The third-order valence-corrected chi connectivity index (χ3v) is 4.15. The lowest BCUT2D eigenvalue weighted by atomic mass is 9.85. The first-order chi connectivity index (χ1) is 13.3. The van der Waals surface area contributed by atoms with Gasteiger partial charge in [0.1, 0.15) is 16.9 Å². The van der Waals surface area contributed by atoms with E-state index in [0.717, 1.165) is 5.56 Å². The van der Waals surface area contributed by atoms with Crippen LogP contribution in [0.25, 0.3) is 11.2 Å². The molecule has 3 aromatic rings. The zero-order chi connectivity index (χ0) is 20.5. The van der Waals surface area contributed by atoms with Crippen molar-refractivity contribution in [2.45, 2.75) is 26.2 Å². The highest BCUT2D eigenvalue weighted by Crippen LogP contribution is 2.35. The molecule has 0 radical (unpaired) electrons.